The van der Waals surface area contributed by atoms with Crippen molar-refractivity contribution in [1.82, 2.24) is 0 Å². The van der Waals surface area contributed by atoms with Crippen molar-refractivity contribution in [2.24, 2.45) is 0 Å². The lowest BCUT2D eigenvalue weighted by Crippen LogP contribution is -1.97. The van der Waals surface area contributed by atoms with Gasteiger partial charge in [-0.05, 0) is 42.0 Å². The maximum atomic E-state index is 13.2. The molecule has 0 atom stereocenters. The number of benzene rings is 2. The quantitative estimate of drug-likeness (QED) is 0.829. The largest absolute Gasteiger partial charge is 0.508 e. The van der Waals surface area contributed by atoms with E-state index in [0.29, 0.717) is 11.3 Å². The van der Waals surface area contributed by atoms with Crippen LogP contribution in [0.3, 0.4) is 0 Å². The third-order valence-electron chi connectivity index (χ3n) is 2.68. The van der Waals surface area contributed by atoms with Gasteiger partial charge in [-0.3, -0.25) is 0 Å². The number of phenols is 1. The van der Waals surface area contributed by atoms with Crippen LogP contribution in [0.5, 0.6) is 11.5 Å². The normalized spacial score (nSPS) is 10.7. The summed E-state index contributed by atoms with van der Waals surface area (Å²) in [5.74, 6) is -1.12. The van der Waals surface area contributed by atoms with Gasteiger partial charge in [0.05, 0.1) is 0 Å². The zero-order valence-electron chi connectivity index (χ0n) is 11.0. The fraction of sp³-hybridized carbons (Fsp3) is 0.0625. The molecule has 0 aromatic heterocycles. The van der Waals surface area contributed by atoms with E-state index >= 15 is 0 Å². The summed E-state index contributed by atoms with van der Waals surface area (Å²) < 4.78 is 18.8. The van der Waals surface area contributed by atoms with Crippen molar-refractivity contribution in [3.8, 4) is 11.5 Å². The van der Waals surface area contributed by atoms with Crippen LogP contribution in [-0.4, -0.2) is 16.2 Å². The summed E-state index contributed by atoms with van der Waals surface area (Å²) in [6, 6.07) is 10.4. The van der Waals surface area contributed by atoms with E-state index in [1.54, 1.807) is 24.3 Å². The Hall–Kier alpha value is -2.82. The van der Waals surface area contributed by atoms with Gasteiger partial charge in [-0.1, -0.05) is 12.1 Å². The van der Waals surface area contributed by atoms with Crippen LogP contribution in [0.4, 0.5) is 4.39 Å². The summed E-state index contributed by atoms with van der Waals surface area (Å²) >= 11 is 0. The molecule has 2 aromatic carbocycles. The molecule has 0 aliphatic carbocycles. The highest BCUT2D eigenvalue weighted by Crippen LogP contribution is 2.23. The molecular weight excluding hydrogens is 275 g/mol. The standard InChI is InChI=1S/C16H13FO4/c17-13-5-6-15(12(9-13)4-7-16(19)20)21-10-11-2-1-3-14(18)8-11/h1-9,18H,10H2,(H,19,20)/b7-4+. The molecule has 0 saturated heterocycles. The number of carboxylic acid groups (broad SMARTS) is 1. The fourth-order valence-corrected chi connectivity index (χ4v) is 1.75. The molecular formula is C16H13FO4. The molecule has 0 heterocycles. The van der Waals surface area contributed by atoms with Crippen molar-refractivity contribution in [1.29, 1.82) is 0 Å². The number of aliphatic carboxylic acids is 1. The van der Waals surface area contributed by atoms with Crippen molar-refractivity contribution in [2.45, 2.75) is 6.61 Å². The maximum absolute atomic E-state index is 13.2. The SMILES string of the molecule is O=C(O)/C=C/c1cc(F)ccc1OCc1cccc(O)c1. The molecule has 21 heavy (non-hydrogen) atoms. The Bertz CT molecular complexity index is 680. The molecule has 108 valence electrons. The molecule has 0 spiro atoms. The van der Waals surface area contributed by atoms with Crippen LogP contribution in [0.15, 0.2) is 48.5 Å². The van der Waals surface area contributed by atoms with Gasteiger partial charge in [0, 0.05) is 11.6 Å². The van der Waals surface area contributed by atoms with E-state index in [1.165, 1.54) is 24.3 Å². The molecule has 0 amide bonds. The van der Waals surface area contributed by atoms with Gasteiger partial charge in [0.2, 0.25) is 0 Å². The van der Waals surface area contributed by atoms with Crippen molar-refractivity contribution in [2.75, 3.05) is 0 Å². The number of carboxylic acids is 1. The van der Waals surface area contributed by atoms with Crippen LogP contribution >= 0.6 is 0 Å². The second-order valence-electron chi connectivity index (χ2n) is 4.31. The zero-order chi connectivity index (χ0) is 15.2. The Morgan fingerprint density at radius 1 is 1.24 bits per heavy atom. The average molecular weight is 288 g/mol. The molecule has 4 nitrogen and oxygen atoms in total. The minimum Gasteiger partial charge on any atom is -0.508 e. The third-order valence-corrected chi connectivity index (χ3v) is 2.68. The van der Waals surface area contributed by atoms with Crippen LogP contribution in [0.25, 0.3) is 6.08 Å². The minimum absolute atomic E-state index is 0.126. The van der Waals surface area contributed by atoms with E-state index < -0.39 is 11.8 Å². The Balaban J connectivity index is 2.17. The number of ether oxygens (including phenoxy) is 1. The van der Waals surface area contributed by atoms with E-state index in [0.717, 1.165) is 11.6 Å². The van der Waals surface area contributed by atoms with Crippen LogP contribution < -0.4 is 4.74 Å². The number of hydrogen-bond donors (Lipinski definition) is 2. The van der Waals surface area contributed by atoms with E-state index in [4.69, 9.17) is 9.84 Å². The Morgan fingerprint density at radius 3 is 2.76 bits per heavy atom. The highest BCUT2D eigenvalue weighted by atomic mass is 19.1. The Kier molecular flexibility index (Phi) is 4.56. The predicted molar refractivity (Wildman–Crippen MR) is 75.5 cm³/mol. The van der Waals surface area contributed by atoms with Crippen LogP contribution in [0, 0.1) is 5.82 Å². The first-order valence-electron chi connectivity index (χ1n) is 6.16. The van der Waals surface area contributed by atoms with Crippen molar-refractivity contribution < 1.29 is 24.1 Å². The summed E-state index contributed by atoms with van der Waals surface area (Å²) in [6.45, 7) is 0.175. The summed E-state index contributed by atoms with van der Waals surface area (Å²) in [7, 11) is 0. The molecule has 2 aromatic rings. The number of carbonyl (C=O) groups is 1. The third kappa shape index (κ3) is 4.35. The topological polar surface area (TPSA) is 66.8 Å². The number of rotatable bonds is 5. The second-order valence-corrected chi connectivity index (χ2v) is 4.31. The molecule has 2 rings (SSSR count). The summed E-state index contributed by atoms with van der Waals surface area (Å²) in [6.07, 6.45) is 2.18. The Labute approximate surface area is 120 Å². The van der Waals surface area contributed by atoms with Crippen molar-refractivity contribution in [3.05, 3.63) is 65.5 Å². The molecule has 0 aliphatic heterocycles. The number of halogens is 1. The number of hydrogen-bond acceptors (Lipinski definition) is 3. The van der Waals surface area contributed by atoms with E-state index in [-0.39, 0.29) is 12.4 Å². The summed E-state index contributed by atoms with van der Waals surface area (Å²) in [4.78, 5) is 10.5. The molecule has 0 unspecified atom stereocenters. The smallest absolute Gasteiger partial charge is 0.328 e. The first kappa shape index (κ1) is 14.6. The molecule has 0 bridgehead atoms. The maximum Gasteiger partial charge on any atom is 0.328 e. The summed E-state index contributed by atoms with van der Waals surface area (Å²) in [5.41, 5.74) is 1.07. The lowest BCUT2D eigenvalue weighted by Gasteiger charge is -2.09. The lowest BCUT2D eigenvalue weighted by molar-refractivity contribution is -0.131. The van der Waals surface area contributed by atoms with Gasteiger partial charge < -0.3 is 14.9 Å². The summed E-state index contributed by atoms with van der Waals surface area (Å²) in [5, 5.41) is 18.0. The van der Waals surface area contributed by atoms with Gasteiger partial charge in [0.1, 0.15) is 23.9 Å². The van der Waals surface area contributed by atoms with Gasteiger partial charge in [-0.25, -0.2) is 9.18 Å². The first-order chi connectivity index (χ1) is 10.0. The second kappa shape index (κ2) is 6.56. The molecule has 0 aliphatic rings. The van der Waals surface area contributed by atoms with Crippen molar-refractivity contribution >= 4 is 12.0 Å². The molecule has 0 fully saturated rings. The van der Waals surface area contributed by atoms with Crippen LogP contribution in [-0.2, 0) is 11.4 Å². The van der Waals surface area contributed by atoms with E-state index in [2.05, 4.69) is 0 Å². The number of aromatic hydroxyl groups is 1. The van der Waals surface area contributed by atoms with Gasteiger partial charge in [0.25, 0.3) is 0 Å². The lowest BCUT2D eigenvalue weighted by atomic mass is 10.1. The van der Waals surface area contributed by atoms with E-state index in [1.807, 2.05) is 0 Å². The zero-order valence-corrected chi connectivity index (χ0v) is 11.0. The van der Waals surface area contributed by atoms with Gasteiger partial charge in [-0.15, -0.1) is 0 Å². The molecule has 2 N–H and O–H groups in total. The molecule has 5 heteroatoms. The average Bonchev–Trinajstić information content (AvgIpc) is 2.44. The van der Waals surface area contributed by atoms with Gasteiger partial charge in [-0.2, -0.15) is 0 Å². The first-order valence-corrected chi connectivity index (χ1v) is 6.16. The van der Waals surface area contributed by atoms with Gasteiger partial charge >= 0.3 is 5.97 Å². The monoisotopic (exact) mass is 288 g/mol. The van der Waals surface area contributed by atoms with E-state index in [9.17, 15) is 14.3 Å². The fourth-order valence-electron chi connectivity index (χ4n) is 1.75. The van der Waals surface area contributed by atoms with Crippen LogP contribution in [0.2, 0.25) is 0 Å². The molecule has 0 radical (unpaired) electrons. The highest BCUT2D eigenvalue weighted by molar-refractivity contribution is 5.85. The van der Waals surface area contributed by atoms with Gasteiger partial charge in [0.15, 0.2) is 0 Å². The molecule has 0 saturated carbocycles. The predicted octanol–water partition coefficient (Wildman–Crippen LogP) is 3.21. The van der Waals surface area contributed by atoms with Crippen LogP contribution in [0.1, 0.15) is 11.1 Å². The number of phenolic OH excluding ortho intramolecular Hbond substituents is 1. The van der Waals surface area contributed by atoms with Crippen molar-refractivity contribution in [3.63, 3.8) is 0 Å². The minimum atomic E-state index is -1.13. The Morgan fingerprint density at radius 2 is 2.05 bits per heavy atom. The highest BCUT2D eigenvalue weighted by Gasteiger charge is 2.04.